The summed E-state index contributed by atoms with van der Waals surface area (Å²) in [4.78, 5) is 0. The predicted octanol–water partition coefficient (Wildman–Crippen LogP) is 2.11. The fourth-order valence-electron chi connectivity index (χ4n) is 1.46. The first-order chi connectivity index (χ1) is 9.72. The van der Waals surface area contributed by atoms with E-state index in [2.05, 4.69) is 15.5 Å². The van der Waals surface area contributed by atoms with Crippen LogP contribution in [0.15, 0.2) is 23.4 Å². The molecule has 2 N–H and O–H groups in total. The van der Waals surface area contributed by atoms with Gasteiger partial charge in [-0.2, -0.15) is 0 Å². The van der Waals surface area contributed by atoms with Gasteiger partial charge in [0.05, 0.1) is 23.2 Å². The first kappa shape index (κ1) is 15.4. The van der Waals surface area contributed by atoms with Crippen LogP contribution in [0.1, 0.15) is 0 Å². The summed E-state index contributed by atoms with van der Waals surface area (Å²) in [7, 11) is 0. The summed E-state index contributed by atoms with van der Waals surface area (Å²) in [6.45, 7) is 1.53. The Morgan fingerprint density at radius 1 is 1.30 bits per heavy atom. The number of rotatable bonds is 7. The number of aromatic nitrogens is 4. The van der Waals surface area contributed by atoms with Crippen molar-refractivity contribution in [3.8, 4) is 5.75 Å². The average Bonchev–Trinajstić information content (AvgIpc) is 2.85. The normalized spacial score (nSPS) is 10.8. The molecule has 9 heteroatoms. The van der Waals surface area contributed by atoms with E-state index in [1.807, 2.05) is 0 Å². The smallest absolute Gasteiger partial charge is 0.209 e. The molecule has 0 saturated heterocycles. The molecule has 1 aromatic carbocycles. The van der Waals surface area contributed by atoms with E-state index >= 15 is 0 Å². The fourth-order valence-corrected chi connectivity index (χ4v) is 2.69. The number of ether oxygens (including phenoxy) is 1. The molecule has 2 aromatic rings. The van der Waals surface area contributed by atoms with Crippen molar-refractivity contribution in [1.82, 2.24) is 20.2 Å². The van der Waals surface area contributed by atoms with Crippen LogP contribution in [0, 0.1) is 0 Å². The summed E-state index contributed by atoms with van der Waals surface area (Å²) in [5.74, 6) is 1.17. The maximum Gasteiger partial charge on any atom is 0.209 e. The van der Waals surface area contributed by atoms with Crippen molar-refractivity contribution < 1.29 is 4.74 Å². The Morgan fingerprint density at radius 2 is 2.05 bits per heavy atom. The minimum absolute atomic E-state index is 0.448. The van der Waals surface area contributed by atoms with Gasteiger partial charge in [0.25, 0.3) is 0 Å². The maximum absolute atomic E-state index is 6.01. The van der Waals surface area contributed by atoms with Crippen LogP contribution in [0.2, 0.25) is 10.0 Å². The highest BCUT2D eigenvalue weighted by Crippen LogP contribution is 2.32. The van der Waals surface area contributed by atoms with Gasteiger partial charge in [-0.25, -0.2) is 4.68 Å². The average molecular weight is 334 g/mol. The number of thioether (sulfide) groups is 1. The third-order valence-electron chi connectivity index (χ3n) is 2.32. The second-order valence-corrected chi connectivity index (χ2v) is 5.60. The minimum Gasteiger partial charge on any atom is -0.490 e. The quantitative estimate of drug-likeness (QED) is 0.617. The van der Waals surface area contributed by atoms with Crippen molar-refractivity contribution in [1.29, 1.82) is 0 Å². The number of halogens is 2. The van der Waals surface area contributed by atoms with Crippen molar-refractivity contribution in [2.75, 3.05) is 18.9 Å². The minimum atomic E-state index is 0.448. The zero-order valence-electron chi connectivity index (χ0n) is 10.5. The summed E-state index contributed by atoms with van der Waals surface area (Å²) in [5.41, 5.74) is 5.47. The molecule has 0 amide bonds. The summed E-state index contributed by atoms with van der Waals surface area (Å²) in [6, 6.07) is 5.24. The molecule has 0 fully saturated rings. The predicted molar refractivity (Wildman–Crippen MR) is 79.6 cm³/mol. The molecule has 1 heterocycles. The Kier molecular flexibility index (Phi) is 5.90. The lowest BCUT2D eigenvalue weighted by molar-refractivity contribution is 0.344. The van der Waals surface area contributed by atoms with E-state index in [1.54, 1.807) is 22.9 Å². The van der Waals surface area contributed by atoms with Crippen LogP contribution in [-0.4, -0.2) is 39.1 Å². The Bertz CT molecular complexity index is 545. The van der Waals surface area contributed by atoms with E-state index in [9.17, 15) is 0 Å². The molecule has 0 aliphatic carbocycles. The van der Waals surface area contributed by atoms with Gasteiger partial charge in [-0.1, -0.05) is 41.0 Å². The second-order valence-electron chi connectivity index (χ2n) is 3.72. The third-order valence-corrected chi connectivity index (χ3v) is 3.84. The summed E-state index contributed by atoms with van der Waals surface area (Å²) in [5, 5.41) is 13.1. The van der Waals surface area contributed by atoms with E-state index < -0.39 is 0 Å². The van der Waals surface area contributed by atoms with Gasteiger partial charge in [-0.3, -0.25) is 0 Å². The Hall–Kier alpha value is -1.02. The number of tetrazole rings is 1. The zero-order chi connectivity index (χ0) is 14.4. The standard InChI is InChI=1S/C11H13Cl2N5OS/c12-8-2-1-3-9(13)10(8)19-6-7-20-11-15-16-17-18(11)5-4-14/h1-3H,4-7,14H2. The largest absolute Gasteiger partial charge is 0.490 e. The molecule has 6 nitrogen and oxygen atoms in total. The molecule has 0 spiro atoms. The van der Waals surface area contributed by atoms with E-state index in [0.717, 1.165) is 0 Å². The Morgan fingerprint density at radius 3 is 2.75 bits per heavy atom. The van der Waals surface area contributed by atoms with Crippen LogP contribution in [0.4, 0.5) is 0 Å². The van der Waals surface area contributed by atoms with Gasteiger partial charge in [-0.05, 0) is 22.6 Å². The molecular weight excluding hydrogens is 321 g/mol. The molecule has 0 bridgehead atoms. The van der Waals surface area contributed by atoms with E-state index in [-0.39, 0.29) is 0 Å². The molecule has 2 rings (SSSR count). The molecule has 0 atom stereocenters. The number of benzene rings is 1. The van der Waals surface area contributed by atoms with Gasteiger partial charge in [-0.15, -0.1) is 5.10 Å². The SMILES string of the molecule is NCCn1nnnc1SCCOc1c(Cl)cccc1Cl. The van der Waals surface area contributed by atoms with Crippen molar-refractivity contribution in [2.24, 2.45) is 5.73 Å². The van der Waals surface area contributed by atoms with Gasteiger partial charge >= 0.3 is 0 Å². The highest BCUT2D eigenvalue weighted by atomic mass is 35.5. The highest BCUT2D eigenvalue weighted by Gasteiger charge is 2.08. The van der Waals surface area contributed by atoms with Gasteiger partial charge in [0.15, 0.2) is 5.75 Å². The van der Waals surface area contributed by atoms with Crippen LogP contribution >= 0.6 is 35.0 Å². The number of hydrogen-bond acceptors (Lipinski definition) is 6. The molecule has 0 saturated carbocycles. The van der Waals surface area contributed by atoms with Crippen LogP contribution in [0.3, 0.4) is 0 Å². The lowest BCUT2D eigenvalue weighted by Gasteiger charge is -2.09. The Labute approximate surface area is 130 Å². The van der Waals surface area contributed by atoms with E-state index in [4.69, 9.17) is 33.7 Å². The summed E-state index contributed by atoms with van der Waals surface area (Å²) in [6.07, 6.45) is 0. The molecule has 0 aliphatic rings. The summed E-state index contributed by atoms with van der Waals surface area (Å²) >= 11 is 13.5. The van der Waals surface area contributed by atoms with Crippen LogP contribution in [0.5, 0.6) is 5.75 Å². The molecule has 0 unspecified atom stereocenters. The van der Waals surface area contributed by atoms with E-state index in [0.29, 0.717) is 46.4 Å². The van der Waals surface area contributed by atoms with Crippen LogP contribution in [0.25, 0.3) is 0 Å². The summed E-state index contributed by atoms with van der Waals surface area (Å²) < 4.78 is 7.24. The Balaban J connectivity index is 1.83. The lowest BCUT2D eigenvalue weighted by atomic mass is 10.3. The van der Waals surface area contributed by atoms with Crippen molar-refractivity contribution in [3.05, 3.63) is 28.2 Å². The lowest BCUT2D eigenvalue weighted by Crippen LogP contribution is -2.12. The molecular formula is C11H13Cl2N5OS. The van der Waals surface area contributed by atoms with Crippen molar-refractivity contribution >= 4 is 35.0 Å². The first-order valence-corrected chi connectivity index (χ1v) is 7.62. The maximum atomic E-state index is 6.01. The fraction of sp³-hybridized carbons (Fsp3) is 0.364. The number of nitrogens with zero attached hydrogens (tertiary/aromatic N) is 4. The zero-order valence-corrected chi connectivity index (χ0v) is 12.8. The third kappa shape index (κ3) is 3.99. The molecule has 0 aliphatic heterocycles. The number of nitrogens with two attached hydrogens (primary N) is 1. The monoisotopic (exact) mass is 333 g/mol. The van der Waals surface area contributed by atoms with Gasteiger partial charge < -0.3 is 10.5 Å². The van der Waals surface area contributed by atoms with Gasteiger partial charge in [0, 0.05) is 12.3 Å². The highest BCUT2D eigenvalue weighted by molar-refractivity contribution is 7.99. The van der Waals surface area contributed by atoms with Crippen molar-refractivity contribution in [2.45, 2.75) is 11.7 Å². The van der Waals surface area contributed by atoms with Gasteiger partial charge in [0.2, 0.25) is 5.16 Å². The van der Waals surface area contributed by atoms with E-state index in [1.165, 1.54) is 11.8 Å². The van der Waals surface area contributed by atoms with Crippen LogP contribution < -0.4 is 10.5 Å². The second kappa shape index (κ2) is 7.68. The molecule has 108 valence electrons. The molecule has 1 aromatic heterocycles. The molecule has 20 heavy (non-hydrogen) atoms. The number of hydrogen-bond donors (Lipinski definition) is 1. The van der Waals surface area contributed by atoms with Crippen LogP contribution in [-0.2, 0) is 6.54 Å². The topological polar surface area (TPSA) is 78.9 Å². The molecule has 0 radical (unpaired) electrons. The van der Waals surface area contributed by atoms with Crippen molar-refractivity contribution in [3.63, 3.8) is 0 Å². The van der Waals surface area contributed by atoms with Gasteiger partial charge in [0.1, 0.15) is 0 Å². The number of para-hydroxylation sites is 1. The first-order valence-electron chi connectivity index (χ1n) is 5.88.